The first-order valence-electron chi connectivity index (χ1n) is 6.91. The Morgan fingerprint density at radius 2 is 1.61 bits per heavy atom. The van der Waals surface area contributed by atoms with Crippen LogP contribution in [-0.4, -0.2) is 4.98 Å². The lowest BCUT2D eigenvalue weighted by molar-refractivity contribution is 0.497. The van der Waals surface area contributed by atoms with Crippen molar-refractivity contribution >= 4 is 22.3 Å². The number of anilines is 2. The van der Waals surface area contributed by atoms with Crippen molar-refractivity contribution in [3.63, 3.8) is 0 Å². The highest BCUT2D eigenvalue weighted by Gasteiger charge is 2.19. The number of aryl methyl sites for hydroxylation is 2. The zero-order chi connectivity index (χ0) is 16.9. The number of halogens is 3. The fraction of sp³-hybridized carbons (Fsp3) is 0.118. The van der Waals surface area contributed by atoms with Gasteiger partial charge in [0.25, 0.3) is 0 Å². The molecule has 0 fully saturated rings. The first-order chi connectivity index (χ1) is 10.8. The predicted molar refractivity (Wildman–Crippen MR) is 85.4 cm³/mol. The molecule has 3 nitrogen and oxygen atoms in total. The van der Waals surface area contributed by atoms with Crippen LogP contribution in [0.1, 0.15) is 11.3 Å². The number of benzene rings is 2. The first-order valence-corrected chi connectivity index (χ1v) is 6.91. The second kappa shape index (κ2) is 5.15. The molecule has 0 radical (unpaired) electrons. The van der Waals surface area contributed by atoms with Gasteiger partial charge in [-0.25, -0.2) is 13.2 Å². The molecule has 118 valence electrons. The molecule has 0 atom stereocenters. The topological polar surface area (TPSA) is 64.9 Å². The van der Waals surface area contributed by atoms with E-state index >= 15 is 0 Å². The Hall–Kier alpha value is -2.76. The van der Waals surface area contributed by atoms with Gasteiger partial charge in [0.2, 0.25) is 0 Å². The van der Waals surface area contributed by atoms with Crippen molar-refractivity contribution in [2.24, 2.45) is 0 Å². The van der Waals surface area contributed by atoms with E-state index in [0.29, 0.717) is 34.0 Å². The fourth-order valence-electron chi connectivity index (χ4n) is 2.67. The van der Waals surface area contributed by atoms with E-state index in [9.17, 15) is 13.2 Å². The van der Waals surface area contributed by atoms with E-state index in [-0.39, 0.29) is 11.1 Å². The second-order valence-corrected chi connectivity index (χ2v) is 5.43. The Morgan fingerprint density at radius 1 is 0.913 bits per heavy atom. The SMILES string of the molecule is Cc1nc2c(-c3cc(F)cc(F)c3F)ccc(C)c2c(N)c1N. The van der Waals surface area contributed by atoms with E-state index in [2.05, 4.69) is 4.98 Å². The lowest BCUT2D eigenvalue weighted by Crippen LogP contribution is -2.03. The third-order valence-corrected chi connectivity index (χ3v) is 3.90. The molecule has 0 aliphatic rings. The van der Waals surface area contributed by atoms with Crippen LogP contribution < -0.4 is 11.5 Å². The maximum absolute atomic E-state index is 14.2. The molecule has 0 bridgehead atoms. The third-order valence-electron chi connectivity index (χ3n) is 3.90. The van der Waals surface area contributed by atoms with Gasteiger partial charge in [-0.3, -0.25) is 4.98 Å². The average Bonchev–Trinajstić information content (AvgIpc) is 2.49. The number of nitrogens with two attached hydrogens (primary N) is 2. The van der Waals surface area contributed by atoms with E-state index < -0.39 is 17.5 Å². The van der Waals surface area contributed by atoms with Crippen molar-refractivity contribution in [2.75, 3.05) is 11.5 Å². The molecule has 1 aromatic heterocycles. The number of rotatable bonds is 1. The second-order valence-electron chi connectivity index (χ2n) is 5.43. The number of hydrogen-bond donors (Lipinski definition) is 2. The van der Waals surface area contributed by atoms with Gasteiger partial charge in [-0.2, -0.15) is 0 Å². The summed E-state index contributed by atoms with van der Waals surface area (Å²) in [5, 5.41) is 0.551. The summed E-state index contributed by atoms with van der Waals surface area (Å²) in [5.74, 6) is -3.26. The predicted octanol–water partition coefficient (Wildman–Crippen LogP) is 4.10. The quantitative estimate of drug-likeness (QED) is 0.664. The van der Waals surface area contributed by atoms with E-state index in [1.54, 1.807) is 26.0 Å². The van der Waals surface area contributed by atoms with Crippen LogP contribution in [0.25, 0.3) is 22.0 Å². The third kappa shape index (κ3) is 2.27. The molecule has 0 amide bonds. The van der Waals surface area contributed by atoms with Gasteiger partial charge in [0.1, 0.15) is 5.82 Å². The van der Waals surface area contributed by atoms with Crippen molar-refractivity contribution in [1.29, 1.82) is 0 Å². The minimum atomic E-state index is -1.26. The molecule has 3 rings (SSSR count). The van der Waals surface area contributed by atoms with Gasteiger partial charge in [0, 0.05) is 22.6 Å². The van der Waals surface area contributed by atoms with Gasteiger partial charge in [-0.1, -0.05) is 12.1 Å². The van der Waals surface area contributed by atoms with Crippen molar-refractivity contribution in [2.45, 2.75) is 13.8 Å². The van der Waals surface area contributed by atoms with Crippen molar-refractivity contribution in [3.8, 4) is 11.1 Å². The summed E-state index contributed by atoms with van der Waals surface area (Å²) in [6, 6.07) is 4.69. The summed E-state index contributed by atoms with van der Waals surface area (Å²) < 4.78 is 41.2. The van der Waals surface area contributed by atoms with E-state index in [1.807, 2.05) is 0 Å². The van der Waals surface area contributed by atoms with Crippen LogP contribution in [0.2, 0.25) is 0 Å². The van der Waals surface area contributed by atoms with E-state index in [0.717, 1.165) is 11.6 Å². The Balaban J connectivity index is 2.48. The Labute approximate surface area is 130 Å². The molecule has 2 aromatic carbocycles. The zero-order valence-electron chi connectivity index (χ0n) is 12.5. The van der Waals surface area contributed by atoms with Gasteiger partial charge in [0.15, 0.2) is 11.6 Å². The molecule has 6 heteroatoms. The maximum Gasteiger partial charge on any atom is 0.166 e. The minimum absolute atomic E-state index is 0.205. The summed E-state index contributed by atoms with van der Waals surface area (Å²) >= 11 is 0. The van der Waals surface area contributed by atoms with E-state index in [4.69, 9.17) is 11.5 Å². The van der Waals surface area contributed by atoms with Crippen LogP contribution in [0, 0.1) is 31.3 Å². The first kappa shape index (κ1) is 15.1. The van der Waals surface area contributed by atoms with Crippen molar-refractivity contribution in [1.82, 2.24) is 4.98 Å². The fourth-order valence-corrected chi connectivity index (χ4v) is 2.67. The minimum Gasteiger partial charge on any atom is -0.396 e. The number of hydrogen-bond acceptors (Lipinski definition) is 3. The average molecular weight is 317 g/mol. The summed E-state index contributed by atoms with van der Waals surface area (Å²) in [7, 11) is 0. The number of aromatic nitrogens is 1. The van der Waals surface area contributed by atoms with E-state index in [1.165, 1.54) is 0 Å². The van der Waals surface area contributed by atoms with Gasteiger partial charge in [-0.05, 0) is 25.5 Å². The molecule has 0 aliphatic carbocycles. The number of nitrogen functional groups attached to an aromatic ring is 2. The van der Waals surface area contributed by atoms with Gasteiger partial charge in [-0.15, -0.1) is 0 Å². The van der Waals surface area contributed by atoms with Crippen LogP contribution in [0.15, 0.2) is 24.3 Å². The molecule has 0 saturated carbocycles. The lowest BCUT2D eigenvalue weighted by atomic mass is 9.96. The maximum atomic E-state index is 14.2. The lowest BCUT2D eigenvalue weighted by Gasteiger charge is -2.14. The molecule has 0 unspecified atom stereocenters. The van der Waals surface area contributed by atoms with Crippen molar-refractivity contribution in [3.05, 3.63) is 53.0 Å². The van der Waals surface area contributed by atoms with Crippen molar-refractivity contribution < 1.29 is 13.2 Å². The molecule has 3 aromatic rings. The highest BCUT2D eigenvalue weighted by Crippen LogP contribution is 2.37. The van der Waals surface area contributed by atoms with Crippen LogP contribution in [-0.2, 0) is 0 Å². The van der Waals surface area contributed by atoms with Gasteiger partial charge in [0.05, 0.1) is 22.6 Å². The van der Waals surface area contributed by atoms with Crippen LogP contribution in [0.3, 0.4) is 0 Å². The number of pyridine rings is 1. The summed E-state index contributed by atoms with van der Waals surface area (Å²) in [6.07, 6.45) is 0. The highest BCUT2D eigenvalue weighted by atomic mass is 19.2. The molecule has 0 saturated heterocycles. The summed E-state index contributed by atoms with van der Waals surface area (Å²) in [5.41, 5.74) is 14.3. The monoisotopic (exact) mass is 317 g/mol. The molecular formula is C17H14F3N3. The molecule has 1 heterocycles. The standard InChI is InChI=1S/C17H14F3N3/c1-7-3-4-10(11-5-9(18)6-12(19)14(11)20)17-13(7)16(22)15(21)8(2)23-17/h3-6H,21H2,1-2H3,(H2,22,23). The summed E-state index contributed by atoms with van der Waals surface area (Å²) in [4.78, 5) is 4.36. The zero-order valence-corrected chi connectivity index (χ0v) is 12.5. The number of fused-ring (bicyclic) bond motifs is 1. The van der Waals surface area contributed by atoms with Crippen LogP contribution in [0.5, 0.6) is 0 Å². The molecule has 0 aliphatic heterocycles. The normalized spacial score (nSPS) is 11.2. The van der Waals surface area contributed by atoms with Crippen LogP contribution >= 0.6 is 0 Å². The molecule has 23 heavy (non-hydrogen) atoms. The number of nitrogens with zero attached hydrogens (tertiary/aromatic N) is 1. The van der Waals surface area contributed by atoms with Crippen LogP contribution in [0.4, 0.5) is 24.5 Å². The summed E-state index contributed by atoms with van der Waals surface area (Å²) in [6.45, 7) is 3.47. The van der Waals surface area contributed by atoms with Gasteiger partial charge < -0.3 is 11.5 Å². The smallest absolute Gasteiger partial charge is 0.166 e. The Bertz CT molecular complexity index is 952. The molecular weight excluding hydrogens is 303 g/mol. The molecule has 4 N–H and O–H groups in total. The Kier molecular flexibility index (Phi) is 3.39. The van der Waals surface area contributed by atoms with Gasteiger partial charge >= 0.3 is 0 Å². The largest absolute Gasteiger partial charge is 0.396 e. The highest BCUT2D eigenvalue weighted by molar-refractivity contribution is 6.05. The Morgan fingerprint density at radius 3 is 2.30 bits per heavy atom. The molecule has 0 spiro atoms.